The zero-order valence-electron chi connectivity index (χ0n) is 11.6. The molecule has 0 N–H and O–H groups in total. The summed E-state index contributed by atoms with van der Waals surface area (Å²) in [4.78, 5) is 25.6. The van der Waals surface area contributed by atoms with E-state index in [1.165, 1.54) is 15.5 Å². The molecule has 0 radical (unpaired) electrons. The number of nitrogens with zero attached hydrogens (tertiary/aromatic N) is 2. The maximum Gasteiger partial charge on any atom is 0.263 e. The van der Waals surface area contributed by atoms with Crippen LogP contribution in [0.2, 0.25) is 10.0 Å². The molecule has 4 nitrogen and oxygen atoms in total. The molecular formula is C15H14Cl2N2O2. The van der Waals surface area contributed by atoms with E-state index in [2.05, 4.69) is 0 Å². The van der Waals surface area contributed by atoms with E-state index in [0.717, 1.165) is 5.56 Å². The van der Waals surface area contributed by atoms with Crippen molar-refractivity contribution < 1.29 is 4.79 Å². The van der Waals surface area contributed by atoms with Crippen LogP contribution in [0.3, 0.4) is 0 Å². The number of hydrogen-bond donors (Lipinski definition) is 0. The quantitative estimate of drug-likeness (QED) is 0.871. The number of halogens is 2. The van der Waals surface area contributed by atoms with E-state index in [-0.39, 0.29) is 17.0 Å². The Labute approximate surface area is 132 Å². The molecule has 0 saturated carbocycles. The maximum absolute atomic E-state index is 12.3. The molecule has 0 aliphatic carbocycles. The molecule has 0 unspecified atom stereocenters. The molecule has 0 saturated heterocycles. The minimum atomic E-state index is -0.331. The van der Waals surface area contributed by atoms with Crippen molar-refractivity contribution in [3.8, 4) is 0 Å². The molecule has 0 spiro atoms. The van der Waals surface area contributed by atoms with Gasteiger partial charge in [-0.15, -0.1) is 0 Å². The number of benzene rings is 1. The van der Waals surface area contributed by atoms with Crippen LogP contribution in [0.5, 0.6) is 0 Å². The largest absolute Gasteiger partial charge is 0.345 e. The summed E-state index contributed by atoms with van der Waals surface area (Å²) < 4.78 is 1.47. The second kappa shape index (κ2) is 6.33. The fourth-order valence-corrected chi connectivity index (χ4v) is 2.22. The van der Waals surface area contributed by atoms with Crippen molar-refractivity contribution in [2.75, 3.05) is 14.1 Å². The van der Waals surface area contributed by atoms with Gasteiger partial charge >= 0.3 is 0 Å². The summed E-state index contributed by atoms with van der Waals surface area (Å²) in [5.74, 6) is -0.316. The minimum Gasteiger partial charge on any atom is -0.345 e. The monoisotopic (exact) mass is 324 g/mol. The van der Waals surface area contributed by atoms with Gasteiger partial charge in [-0.1, -0.05) is 29.3 Å². The predicted octanol–water partition coefficient (Wildman–Crippen LogP) is 2.91. The molecule has 21 heavy (non-hydrogen) atoms. The Hall–Kier alpha value is -1.78. The van der Waals surface area contributed by atoms with Crippen LogP contribution < -0.4 is 5.56 Å². The third kappa shape index (κ3) is 3.46. The molecule has 1 amide bonds. The van der Waals surface area contributed by atoms with Gasteiger partial charge in [0, 0.05) is 20.3 Å². The first kappa shape index (κ1) is 15.6. The smallest absolute Gasteiger partial charge is 0.263 e. The molecule has 1 aromatic heterocycles. The molecular weight excluding hydrogens is 311 g/mol. The summed E-state index contributed by atoms with van der Waals surface area (Å²) >= 11 is 11.8. The Kier molecular flexibility index (Phi) is 4.70. The van der Waals surface area contributed by atoms with Gasteiger partial charge < -0.3 is 9.47 Å². The molecule has 2 aromatic rings. The predicted molar refractivity (Wildman–Crippen MR) is 84.3 cm³/mol. The molecule has 0 fully saturated rings. The van der Waals surface area contributed by atoms with Crippen LogP contribution in [0.15, 0.2) is 41.3 Å². The Morgan fingerprint density at radius 2 is 1.90 bits per heavy atom. The molecule has 1 heterocycles. The van der Waals surface area contributed by atoms with E-state index in [1.807, 2.05) is 0 Å². The van der Waals surface area contributed by atoms with Gasteiger partial charge in [0.25, 0.3) is 11.5 Å². The molecule has 0 atom stereocenters. The molecule has 110 valence electrons. The molecule has 0 aliphatic rings. The van der Waals surface area contributed by atoms with Gasteiger partial charge in [-0.25, -0.2) is 0 Å². The Balaban J connectivity index is 2.37. The zero-order chi connectivity index (χ0) is 15.6. The number of carbonyl (C=O) groups is 1. The summed E-state index contributed by atoms with van der Waals surface area (Å²) in [6, 6.07) is 8.38. The third-order valence-corrected chi connectivity index (χ3v) is 3.73. The molecule has 6 heteroatoms. The third-order valence-electron chi connectivity index (χ3n) is 2.99. The van der Waals surface area contributed by atoms with Crippen molar-refractivity contribution in [1.82, 2.24) is 9.47 Å². The van der Waals surface area contributed by atoms with Gasteiger partial charge in [0.1, 0.15) is 5.56 Å². The summed E-state index contributed by atoms with van der Waals surface area (Å²) in [7, 11) is 3.22. The molecule has 2 rings (SSSR count). The fourth-order valence-electron chi connectivity index (χ4n) is 1.90. The van der Waals surface area contributed by atoms with Crippen LogP contribution in [0, 0.1) is 0 Å². The van der Waals surface area contributed by atoms with Crippen molar-refractivity contribution >= 4 is 29.1 Å². The van der Waals surface area contributed by atoms with Crippen LogP contribution in [-0.4, -0.2) is 29.5 Å². The van der Waals surface area contributed by atoms with E-state index >= 15 is 0 Å². The van der Waals surface area contributed by atoms with E-state index < -0.39 is 0 Å². The lowest BCUT2D eigenvalue weighted by Crippen LogP contribution is -2.32. The summed E-state index contributed by atoms with van der Waals surface area (Å²) in [5.41, 5.74) is 0.644. The van der Waals surface area contributed by atoms with E-state index in [1.54, 1.807) is 44.6 Å². The van der Waals surface area contributed by atoms with Crippen molar-refractivity contribution in [3.05, 3.63) is 68.1 Å². The highest BCUT2D eigenvalue weighted by Crippen LogP contribution is 2.22. The highest BCUT2D eigenvalue weighted by molar-refractivity contribution is 6.42. The highest BCUT2D eigenvalue weighted by Gasteiger charge is 2.14. The summed E-state index contributed by atoms with van der Waals surface area (Å²) in [6.45, 7) is 0.324. The van der Waals surface area contributed by atoms with Gasteiger partial charge in [0.15, 0.2) is 0 Å². The average Bonchev–Trinajstić information content (AvgIpc) is 2.44. The first-order chi connectivity index (χ1) is 9.90. The Bertz CT molecular complexity index is 739. The van der Waals surface area contributed by atoms with Crippen LogP contribution in [0.25, 0.3) is 0 Å². The molecule has 0 aliphatic heterocycles. The van der Waals surface area contributed by atoms with E-state index in [0.29, 0.717) is 16.6 Å². The standard InChI is InChI=1S/C15H14Cl2N2O2/c1-18(2)14(20)11-4-3-7-19(15(11)21)9-10-5-6-12(16)13(17)8-10/h3-8H,9H2,1-2H3. The number of hydrogen-bond acceptors (Lipinski definition) is 2. The number of aromatic nitrogens is 1. The fraction of sp³-hybridized carbons (Fsp3) is 0.200. The maximum atomic E-state index is 12.3. The van der Waals surface area contributed by atoms with E-state index in [4.69, 9.17) is 23.2 Å². The van der Waals surface area contributed by atoms with Gasteiger partial charge in [-0.2, -0.15) is 0 Å². The van der Waals surface area contributed by atoms with Gasteiger partial charge in [0.05, 0.1) is 16.6 Å². The van der Waals surface area contributed by atoms with Crippen LogP contribution in [-0.2, 0) is 6.54 Å². The number of pyridine rings is 1. The second-order valence-corrected chi connectivity index (χ2v) is 5.62. The number of carbonyl (C=O) groups excluding carboxylic acids is 1. The molecule has 1 aromatic carbocycles. The van der Waals surface area contributed by atoms with Gasteiger partial charge in [-0.3, -0.25) is 9.59 Å². The average molecular weight is 325 g/mol. The summed E-state index contributed by atoms with van der Waals surface area (Å²) in [6.07, 6.45) is 1.64. The van der Waals surface area contributed by atoms with Crippen LogP contribution >= 0.6 is 23.2 Å². The number of amides is 1. The summed E-state index contributed by atoms with van der Waals surface area (Å²) in [5, 5.41) is 0.895. The highest BCUT2D eigenvalue weighted by atomic mass is 35.5. The van der Waals surface area contributed by atoms with Crippen molar-refractivity contribution in [2.45, 2.75) is 6.54 Å². The van der Waals surface area contributed by atoms with Crippen LogP contribution in [0.1, 0.15) is 15.9 Å². The Morgan fingerprint density at radius 1 is 1.19 bits per heavy atom. The Morgan fingerprint density at radius 3 is 2.52 bits per heavy atom. The molecule has 0 bridgehead atoms. The minimum absolute atomic E-state index is 0.141. The van der Waals surface area contributed by atoms with Gasteiger partial charge in [-0.05, 0) is 29.8 Å². The lowest BCUT2D eigenvalue weighted by Gasteiger charge is -2.12. The van der Waals surface area contributed by atoms with Crippen molar-refractivity contribution in [1.29, 1.82) is 0 Å². The van der Waals surface area contributed by atoms with E-state index in [9.17, 15) is 9.59 Å². The van der Waals surface area contributed by atoms with Gasteiger partial charge in [0.2, 0.25) is 0 Å². The first-order valence-electron chi connectivity index (χ1n) is 6.25. The lowest BCUT2D eigenvalue weighted by atomic mass is 10.2. The lowest BCUT2D eigenvalue weighted by molar-refractivity contribution is 0.0825. The van der Waals surface area contributed by atoms with Crippen molar-refractivity contribution in [3.63, 3.8) is 0 Å². The normalized spacial score (nSPS) is 10.5. The number of rotatable bonds is 3. The second-order valence-electron chi connectivity index (χ2n) is 4.80. The first-order valence-corrected chi connectivity index (χ1v) is 7.01. The SMILES string of the molecule is CN(C)C(=O)c1cccn(Cc2ccc(Cl)c(Cl)c2)c1=O. The van der Waals surface area contributed by atoms with Crippen LogP contribution in [0.4, 0.5) is 0 Å². The zero-order valence-corrected chi connectivity index (χ0v) is 13.1. The topological polar surface area (TPSA) is 42.3 Å². The van der Waals surface area contributed by atoms with Crippen molar-refractivity contribution in [2.24, 2.45) is 0 Å².